The minimum Gasteiger partial charge on any atom is -0.487 e. The monoisotopic (exact) mass is 304 g/mol. The maximum absolute atomic E-state index is 6.20. The Bertz CT molecular complexity index is 614. The van der Waals surface area contributed by atoms with Crippen LogP contribution in [0.5, 0.6) is 5.75 Å². The second-order valence-electron chi connectivity index (χ2n) is 5.04. The molecule has 4 heteroatoms. The van der Waals surface area contributed by atoms with E-state index in [2.05, 4.69) is 37.1 Å². The Kier molecular flexibility index (Phi) is 5.45. The normalized spacial score (nSPS) is 10.5. The smallest absolute Gasteiger partial charge is 0.132 e. The van der Waals surface area contributed by atoms with Crippen LogP contribution in [0.3, 0.4) is 0 Å². The molecule has 1 N–H and O–H groups in total. The molecule has 0 saturated carbocycles. The highest BCUT2D eigenvalue weighted by Crippen LogP contribution is 2.23. The van der Waals surface area contributed by atoms with E-state index in [1.165, 1.54) is 5.56 Å². The van der Waals surface area contributed by atoms with Gasteiger partial charge in [-0.2, -0.15) is 0 Å². The van der Waals surface area contributed by atoms with E-state index in [1.54, 1.807) is 0 Å². The predicted molar refractivity (Wildman–Crippen MR) is 88.3 cm³/mol. The Morgan fingerprint density at radius 2 is 2.00 bits per heavy atom. The first-order chi connectivity index (χ1) is 10.1. The maximum Gasteiger partial charge on any atom is 0.132 e. The topological polar surface area (TPSA) is 34.1 Å². The zero-order chi connectivity index (χ0) is 15.2. The molecule has 2 aromatic rings. The number of hydrogen-bond donors (Lipinski definition) is 1. The predicted octanol–water partition coefficient (Wildman–Crippen LogP) is 4.75. The lowest BCUT2D eigenvalue weighted by molar-refractivity contribution is 0.299. The maximum atomic E-state index is 6.20. The number of aromatic nitrogens is 1. The SMILES string of the molecule is CCCNc1ccc(Cl)c(COc2cccc(C)c2C)n1. The molecule has 1 heterocycles. The number of nitrogens with zero attached hydrogens (tertiary/aromatic N) is 1. The van der Waals surface area contributed by atoms with E-state index in [0.29, 0.717) is 11.6 Å². The van der Waals surface area contributed by atoms with Gasteiger partial charge in [-0.05, 0) is 49.6 Å². The van der Waals surface area contributed by atoms with Crippen molar-refractivity contribution in [2.24, 2.45) is 0 Å². The number of nitrogens with one attached hydrogen (secondary N) is 1. The summed E-state index contributed by atoms with van der Waals surface area (Å²) in [4.78, 5) is 4.51. The average Bonchev–Trinajstić information content (AvgIpc) is 2.49. The van der Waals surface area contributed by atoms with Crippen LogP contribution in [0.2, 0.25) is 5.02 Å². The molecule has 0 radical (unpaired) electrons. The molecule has 0 saturated heterocycles. The van der Waals surface area contributed by atoms with Crippen LogP contribution in [0.25, 0.3) is 0 Å². The second kappa shape index (κ2) is 7.32. The van der Waals surface area contributed by atoms with Crippen molar-refractivity contribution in [3.8, 4) is 5.75 Å². The van der Waals surface area contributed by atoms with Crippen LogP contribution < -0.4 is 10.1 Å². The molecule has 0 atom stereocenters. The molecule has 0 aliphatic rings. The molecular weight excluding hydrogens is 284 g/mol. The molecule has 0 fully saturated rings. The average molecular weight is 305 g/mol. The minimum atomic E-state index is 0.366. The molecule has 0 unspecified atom stereocenters. The fourth-order valence-corrected chi connectivity index (χ4v) is 2.12. The van der Waals surface area contributed by atoms with Crippen molar-refractivity contribution in [1.29, 1.82) is 0 Å². The molecule has 0 aliphatic carbocycles. The van der Waals surface area contributed by atoms with Gasteiger partial charge >= 0.3 is 0 Å². The lowest BCUT2D eigenvalue weighted by atomic mass is 10.1. The van der Waals surface area contributed by atoms with Gasteiger partial charge in [0.15, 0.2) is 0 Å². The van der Waals surface area contributed by atoms with Gasteiger partial charge in [0.2, 0.25) is 0 Å². The van der Waals surface area contributed by atoms with E-state index in [-0.39, 0.29) is 0 Å². The highest BCUT2D eigenvalue weighted by molar-refractivity contribution is 6.31. The van der Waals surface area contributed by atoms with Gasteiger partial charge in [0.25, 0.3) is 0 Å². The zero-order valence-electron chi connectivity index (χ0n) is 12.7. The first-order valence-corrected chi connectivity index (χ1v) is 7.58. The summed E-state index contributed by atoms with van der Waals surface area (Å²) in [6, 6.07) is 9.78. The number of halogens is 1. The number of aryl methyl sites for hydroxylation is 1. The van der Waals surface area contributed by atoms with Crippen LogP contribution in [0.15, 0.2) is 30.3 Å². The van der Waals surface area contributed by atoms with E-state index in [1.807, 2.05) is 24.3 Å². The van der Waals surface area contributed by atoms with Crippen molar-refractivity contribution < 1.29 is 4.74 Å². The van der Waals surface area contributed by atoms with Crippen molar-refractivity contribution in [3.05, 3.63) is 52.2 Å². The lowest BCUT2D eigenvalue weighted by Crippen LogP contribution is -2.06. The summed E-state index contributed by atoms with van der Waals surface area (Å²) in [7, 11) is 0. The molecule has 1 aromatic carbocycles. The van der Waals surface area contributed by atoms with Gasteiger partial charge in [0.05, 0.1) is 10.7 Å². The van der Waals surface area contributed by atoms with Crippen molar-refractivity contribution in [2.45, 2.75) is 33.8 Å². The highest BCUT2D eigenvalue weighted by atomic mass is 35.5. The number of hydrogen-bond acceptors (Lipinski definition) is 3. The number of pyridine rings is 1. The van der Waals surface area contributed by atoms with Crippen LogP contribution >= 0.6 is 11.6 Å². The van der Waals surface area contributed by atoms with Gasteiger partial charge in [0, 0.05) is 6.54 Å². The van der Waals surface area contributed by atoms with Crippen molar-refractivity contribution in [1.82, 2.24) is 4.98 Å². The molecule has 112 valence electrons. The zero-order valence-corrected chi connectivity index (χ0v) is 13.5. The third-order valence-corrected chi connectivity index (χ3v) is 3.74. The van der Waals surface area contributed by atoms with Gasteiger partial charge < -0.3 is 10.1 Å². The van der Waals surface area contributed by atoms with Crippen LogP contribution in [-0.2, 0) is 6.61 Å². The van der Waals surface area contributed by atoms with Crippen molar-refractivity contribution >= 4 is 17.4 Å². The molecular formula is C17H21ClN2O. The Balaban J connectivity index is 2.10. The van der Waals surface area contributed by atoms with Gasteiger partial charge in [-0.25, -0.2) is 4.98 Å². The fraction of sp³-hybridized carbons (Fsp3) is 0.353. The third-order valence-electron chi connectivity index (χ3n) is 3.39. The van der Waals surface area contributed by atoms with E-state index in [4.69, 9.17) is 16.3 Å². The standard InChI is InChI=1S/C17H21ClN2O/c1-4-10-19-17-9-8-14(18)15(20-17)11-21-16-7-5-6-12(2)13(16)3/h5-9H,4,10-11H2,1-3H3,(H,19,20). The Morgan fingerprint density at radius 3 is 2.76 bits per heavy atom. The van der Waals surface area contributed by atoms with E-state index < -0.39 is 0 Å². The van der Waals surface area contributed by atoms with Crippen LogP contribution in [-0.4, -0.2) is 11.5 Å². The summed E-state index contributed by atoms with van der Waals surface area (Å²) in [6.45, 7) is 7.51. The Hall–Kier alpha value is -1.74. The minimum absolute atomic E-state index is 0.366. The lowest BCUT2D eigenvalue weighted by Gasteiger charge is -2.12. The van der Waals surface area contributed by atoms with E-state index >= 15 is 0 Å². The molecule has 3 nitrogen and oxygen atoms in total. The van der Waals surface area contributed by atoms with Gasteiger partial charge in [-0.3, -0.25) is 0 Å². The van der Waals surface area contributed by atoms with Crippen LogP contribution in [0, 0.1) is 13.8 Å². The molecule has 1 aromatic heterocycles. The number of rotatable bonds is 6. The third kappa shape index (κ3) is 4.11. The van der Waals surface area contributed by atoms with Crippen LogP contribution in [0.1, 0.15) is 30.2 Å². The van der Waals surface area contributed by atoms with Gasteiger partial charge in [-0.15, -0.1) is 0 Å². The van der Waals surface area contributed by atoms with Crippen molar-refractivity contribution in [3.63, 3.8) is 0 Å². The first kappa shape index (κ1) is 15.6. The molecule has 0 bridgehead atoms. The van der Waals surface area contributed by atoms with Crippen molar-refractivity contribution in [2.75, 3.05) is 11.9 Å². The van der Waals surface area contributed by atoms with E-state index in [0.717, 1.165) is 35.8 Å². The molecule has 21 heavy (non-hydrogen) atoms. The molecule has 0 amide bonds. The summed E-state index contributed by atoms with van der Waals surface area (Å²) in [5.74, 6) is 1.71. The first-order valence-electron chi connectivity index (χ1n) is 7.20. The van der Waals surface area contributed by atoms with E-state index in [9.17, 15) is 0 Å². The van der Waals surface area contributed by atoms with Gasteiger partial charge in [-0.1, -0.05) is 30.7 Å². The fourth-order valence-electron chi connectivity index (χ4n) is 1.96. The number of anilines is 1. The Labute approximate surface area is 131 Å². The number of ether oxygens (including phenoxy) is 1. The number of benzene rings is 1. The summed E-state index contributed by atoms with van der Waals surface area (Å²) in [5, 5.41) is 3.88. The van der Waals surface area contributed by atoms with Crippen LogP contribution in [0.4, 0.5) is 5.82 Å². The second-order valence-corrected chi connectivity index (χ2v) is 5.45. The highest BCUT2D eigenvalue weighted by Gasteiger charge is 2.07. The summed E-state index contributed by atoms with van der Waals surface area (Å²) in [5.41, 5.74) is 3.11. The summed E-state index contributed by atoms with van der Waals surface area (Å²) < 4.78 is 5.87. The Morgan fingerprint density at radius 1 is 1.19 bits per heavy atom. The molecule has 0 aliphatic heterocycles. The molecule has 2 rings (SSSR count). The van der Waals surface area contributed by atoms with Gasteiger partial charge in [0.1, 0.15) is 18.2 Å². The summed E-state index contributed by atoms with van der Waals surface area (Å²) >= 11 is 6.20. The summed E-state index contributed by atoms with van der Waals surface area (Å²) in [6.07, 6.45) is 1.05. The quantitative estimate of drug-likeness (QED) is 0.836. The largest absolute Gasteiger partial charge is 0.487 e. The molecule has 0 spiro atoms.